The van der Waals surface area contributed by atoms with Crippen LogP contribution >= 0.6 is 11.8 Å². The number of rotatable bonds is 6. The van der Waals surface area contributed by atoms with E-state index in [9.17, 15) is 17.6 Å². The van der Waals surface area contributed by atoms with E-state index in [2.05, 4.69) is 0 Å². The van der Waals surface area contributed by atoms with E-state index in [1.165, 1.54) is 17.7 Å². The van der Waals surface area contributed by atoms with Crippen LogP contribution in [0.4, 0.5) is 4.39 Å². The third kappa shape index (κ3) is 5.11. The molecule has 2 aromatic rings. The molecule has 3 rings (SSSR count). The molecule has 1 amide bonds. The normalized spacial score (nSPS) is 15.7. The molecule has 1 fully saturated rings. The standard InChI is InChI=1S/C20H22FNO3S2/c21-17-6-8-18(9-7-17)27(24,25)19-10-12-22(13-11-19)20(23)15-26-14-16-4-2-1-3-5-16/h1-9,19H,10-15H2. The number of sulfone groups is 1. The van der Waals surface area contributed by atoms with Crippen LogP contribution in [0.1, 0.15) is 18.4 Å². The summed E-state index contributed by atoms with van der Waals surface area (Å²) in [4.78, 5) is 14.3. The molecule has 0 aromatic heterocycles. The number of carbonyl (C=O) groups is 1. The van der Waals surface area contributed by atoms with Crippen molar-refractivity contribution >= 4 is 27.5 Å². The van der Waals surface area contributed by atoms with E-state index < -0.39 is 20.9 Å². The number of carbonyl (C=O) groups excluding carboxylic acids is 1. The van der Waals surface area contributed by atoms with E-state index in [0.29, 0.717) is 31.7 Å². The summed E-state index contributed by atoms with van der Waals surface area (Å²) in [6, 6.07) is 14.9. The number of thioether (sulfide) groups is 1. The van der Waals surface area contributed by atoms with Gasteiger partial charge in [0, 0.05) is 18.8 Å². The van der Waals surface area contributed by atoms with Crippen molar-refractivity contribution in [2.24, 2.45) is 0 Å². The van der Waals surface area contributed by atoms with Gasteiger partial charge in [-0.2, -0.15) is 0 Å². The van der Waals surface area contributed by atoms with Gasteiger partial charge in [0.15, 0.2) is 9.84 Å². The molecule has 1 saturated heterocycles. The molecule has 0 radical (unpaired) electrons. The second-order valence-corrected chi connectivity index (χ2v) is 9.77. The Balaban J connectivity index is 1.49. The van der Waals surface area contributed by atoms with E-state index in [-0.39, 0.29) is 10.8 Å². The van der Waals surface area contributed by atoms with Gasteiger partial charge in [0.2, 0.25) is 5.91 Å². The predicted molar refractivity (Wildman–Crippen MR) is 106 cm³/mol. The predicted octanol–water partition coefficient (Wildman–Crippen LogP) is 3.52. The lowest BCUT2D eigenvalue weighted by Crippen LogP contribution is -2.43. The lowest BCUT2D eigenvalue weighted by molar-refractivity contribution is -0.129. The van der Waals surface area contributed by atoms with Crippen molar-refractivity contribution in [3.05, 3.63) is 66.0 Å². The molecule has 4 nitrogen and oxygen atoms in total. The molecule has 0 atom stereocenters. The summed E-state index contributed by atoms with van der Waals surface area (Å²) in [6.07, 6.45) is 0.823. The van der Waals surface area contributed by atoms with Crippen LogP contribution < -0.4 is 0 Å². The molecule has 2 aromatic carbocycles. The van der Waals surface area contributed by atoms with Crippen LogP contribution in [0.15, 0.2) is 59.5 Å². The minimum atomic E-state index is -3.49. The van der Waals surface area contributed by atoms with Gasteiger partial charge in [0.1, 0.15) is 5.82 Å². The van der Waals surface area contributed by atoms with Gasteiger partial charge in [-0.25, -0.2) is 12.8 Å². The van der Waals surface area contributed by atoms with Gasteiger partial charge in [-0.1, -0.05) is 30.3 Å². The Hall–Kier alpha value is -1.86. The van der Waals surface area contributed by atoms with Crippen molar-refractivity contribution in [1.82, 2.24) is 4.90 Å². The summed E-state index contributed by atoms with van der Waals surface area (Å²) < 4.78 is 38.4. The third-order valence-corrected chi connectivity index (χ3v) is 7.98. The smallest absolute Gasteiger partial charge is 0.232 e. The third-order valence-electron chi connectivity index (χ3n) is 4.71. The lowest BCUT2D eigenvalue weighted by Gasteiger charge is -2.31. The maximum absolute atomic E-state index is 13.0. The quantitative estimate of drug-likeness (QED) is 0.688. The fraction of sp³-hybridized carbons (Fsp3) is 0.350. The first-order chi connectivity index (χ1) is 13.0. The molecule has 0 N–H and O–H groups in total. The number of hydrogen-bond donors (Lipinski definition) is 0. The Morgan fingerprint density at radius 1 is 1.04 bits per heavy atom. The van der Waals surface area contributed by atoms with Crippen LogP contribution in [0.25, 0.3) is 0 Å². The van der Waals surface area contributed by atoms with Crippen molar-refractivity contribution in [2.45, 2.75) is 28.7 Å². The highest BCUT2D eigenvalue weighted by Crippen LogP contribution is 2.25. The minimum absolute atomic E-state index is 0.0496. The molecule has 0 spiro atoms. The van der Waals surface area contributed by atoms with Crippen LogP contribution in [0, 0.1) is 5.82 Å². The van der Waals surface area contributed by atoms with Crippen molar-refractivity contribution in [3.8, 4) is 0 Å². The molecule has 7 heteroatoms. The summed E-state index contributed by atoms with van der Waals surface area (Å²) in [5, 5.41) is -0.524. The van der Waals surface area contributed by atoms with Crippen molar-refractivity contribution in [2.75, 3.05) is 18.8 Å². The van der Waals surface area contributed by atoms with Gasteiger partial charge in [0.05, 0.1) is 15.9 Å². The summed E-state index contributed by atoms with van der Waals surface area (Å²) in [6.45, 7) is 0.881. The first-order valence-corrected chi connectivity index (χ1v) is 11.6. The van der Waals surface area contributed by atoms with Crippen LogP contribution in [-0.4, -0.2) is 43.3 Å². The second-order valence-electron chi connectivity index (χ2n) is 6.56. The molecule has 0 aliphatic carbocycles. The van der Waals surface area contributed by atoms with E-state index in [0.717, 1.165) is 17.9 Å². The maximum atomic E-state index is 13.0. The maximum Gasteiger partial charge on any atom is 0.232 e. The summed E-state index contributed by atoms with van der Waals surface area (Å²) in [5.74, 6) is 0.766. The Morgan fingerprint density at radius 2 is 1.67 bits per heavy atom. The molecule has 0 saturated carbocycles. The number of halogens is 1. The van der Waals surface area contributed by atoms with E-state index >= 15 is 0 Å². The lowest BCUT2D eigenvalue weighted by atomic mass is 10.1. The van der Waals surface area contributed by atoms with Crippen LogP contribution in [0.3, 0.4) is 0 Å². The highest BCUT2D eigenvalue weighted by Gasteiger charge is 2.32. The van der Waals surface area contributed by atoms with Crippen LogP contribution in [-0.2, 0) is 20.4 Å². The zero-order valence-electron chi connectivity index (χ0n) is 14.9. The number of benzene rings is 2. The number of piperidine rings is 1. The van der Waals surface area contributed by atoms with Crippen molar-refractivity contribution < 1.29 is 17.6 Å². The number of likely N-dealkylation sites (tertiary alicyclic amines) is 1. The van der Waals surface area contributed by atoms with Crippen LogP contribution in [0.2, 0.25) is 0 Å². The van der Waals surface area contributed by atoms with Gasteiger partial charge in [-0.05, 0) is 42.7 Å². The Morgan fingerprint density at radius 3 is 2.30 bits per heavy atom. The second kappa shape index (κ2) is 8.89. The van der Waals surface area contributed by atoms with Gasteiger partial charge in [-0.3, -0.25) is 4.79 Å². The topological polar surface area (TPSA) is 54.5 Å². The zero-order chi connectivity index (χ0) is 19.3. The average molecular weight is 408 g/mol. The fourth-order valence-electron chi connectivity index (χ4n) is 3.15. The average Bonchev–Trinajstić information content (AvgIpc) is 2.69. The SMILES string of the molecule is O=C(CSCc1ccccc1)N1CCC(S(=O)(=O)c2ccc(F)cc2)CC1. The molecular formula is C20H22FNO3S2. The number of nitrogens with zero attached hydrogens (tertiary/aromatic N) is 1. The number of amides is 1. The number of hydrogen-bond acceptors (Lipinski definition) is 4. The highest BCUT2D eigenvalue weighted by molar-refractivity contribution is 7.99. The molecule has 1 aliphatic rings. The van der Waals surface area contributed by atoms with E-state index in [4.69, 9.17) is 0 Å². The summed E-state index contributed by atoms with van der Waals surface area (Å²) >= 11 is 1.57. The molecule has 1 heterocycles. The van der Waals surface area contributed by atoms with Gasteiger partial charge < -0.3 is 4.90 Å². The summed E-state index contributed by atoms with van der Waals surface area (Å²) in [7, 11) is -3.49. The monoisotopic (exact) mass is 407 g/mol. The minimum Gasteiger partial charge on any atom is -0.342 e. The fourth-order valence-corrected chi connectivity index (χ4v) is 5.77. The first kappa shape index (κ1) is 19.9. The Bertz CT molecular complexity index is 862. The van der Waals surface area contributed by atoms with Gasteiger partial charge >= 0.3 is 0 Å². The Labute approximate surface area is 163 Å². The first-order valence-electron chi connectivity index (χ1n) is 8.86. The largest absolute Gasteiger partial charge is 0.342 e. The molecule has 27 heavy (non-hydrogen) atoms. The molecule has 144 valence electrons. The highest BCUT2D eigenvalue weighted by atomic mass is 32.2. The van der Waals surface area contributed by atoms with Crippen molar-refractivity contribution in [1.29, 1.82) is 0 Å². The van der Waals surface area contributed by atoms with Gasteiger partial charge in [0.25, 0.3) is 0 Å². The van der Waals surface area contributed by atoms with Crippen LogP contribution in [0.5, 0.6) is 0 Å². The van der Waals surface area contributed by atoms with E-state index in [1.54, 1.807) is 16.7 Å². The molecule has 0 bridgehead atoms. The molecule has 1 aliphatic heterocycles. The molecule has 0 unspecified atom stereocenters. The zero-order valence-corrected chi connectivity index (χ0v) is 16.5. The summed E-state index contributed by atoms with van der Waals surface area (Å²) in [5.41, 5.74) is 1.18. The molecular weight excluding hydrogens is 385 g/mol. The van der Waals surface area contributed by atoms with E-state index in [1.807, 2.05) is 30.3 Å². The van der Waals surface area contributed by atoms with Gasteiger partial charge in [-0.15, -0.1) is 11.8 Å². The Kier molecular flexibility index (Phi) is 6.55. The van der Waals surface area contributed by atoms with Crippen molar-refractivity contribution in [3.63, 3.8) is 0 Å².